The zero-order chi connectivity index (χ0) is 16.1. The van der Waals surface area contributed by atoms with Crippen LogP contribution in [-0.4, -0.2) is 72.4 Å². The lowest BCUT2D eigenvalue weighted by atomic mass is 10.0. The first-order valence-corrected chi connectivity index (χ1v) is 8.96. The van der Waals surface area contributed by atoms with Crippen molar-refractivity contribution < 1.29 is 9.47 Å². The standard InChI is InChI=1S/C18H29N3O2/c1-3-20(4-2)10-11-21-14-17(18-16(21)8-6-12-22-18)23-15-7-5-9-19-13-15/h5,7,9,13,16-18H,3-4,6,8,10-12,14H2,1-2H3/t16-,17+,18+/m0/s1. The van der Waals surface area contributed by atoms with Gasteiger partial charge in [0.1, 0.15) is 18.0 Å². The average molecular weight is 319 g/mol. The number of aromatic nitrogens is 1. The van der Waals surface area contributed by atoms with Crippen LogP contribution in [0.15, 0.2) is 24.5 Å². The summed E-state index contributed by atoms with van der Waals surface area (Å²) in [5.41, 5.74) is 0. The summed E-state index contributed by atoms with van der Waals surface area (Å²) in [5.74, 6) is 0.844. The Balaban J connectivity index is 1.62. The van der Waals surface area contributed by atoms with Gasteiger partial charge in [0.05, 0.1) is 6.20 Å². The van der Waals surface area contributed by atoms with Gasteiger partial charge in [-0.2, -0.15) is 0 Å². The first-order valence-electron chi connectivity index (χ1n) is 8.96. The van der Waals surface area contributed by atoms with Gasteiger partial charge >= 0.3 is 0 Å². The smallest absolute Gasteiger partial charge is 0.139 e. The van der Waals surface area contributed by atoms with Gasteiger partial charge in [-0.25, -0.2) is 0 Å². The van der Waals surface area contributed by atoms with Gasteiger partial charge in [0.25, 0.3) is 0 Å². The molecule has 0 unspecified atom stereocenters. The first-order chi connectivity index (χ1) is 11.3. The van der Waals surface area contributed by atoms with Gasteiger partial charge < -0.3 is 14.4 Å². The number of likely N-dealkylation sites (N-methyl/N-ethyl adjacent to an activating group) is 1. The minimum Gasteiger partial charge on any atom is -0.485 e. The van der Waals surface area contributed by atoms with Gasteiger partial charge in [-0.05, 0) is 38.1 Å². The van der Waals surface area contributed by atoms with E-state index in [0.29, 0.717) is 6.04 Å². The van der Waals surface area contributed by atoms with Crippen LogP contribution in [-0.2, 0) is 4.74 Å². The highest BCUT2D eigenvalue weighted by atomic mass is 16.5. The minimum absolute atomic E-state index is 0.112. The van der Waals surface area contributed by atoms with E-state index in [9.17, 15) is 0 Å². The lowest BCUT2D eigenvalue weighted by molar-refractivity contribution is -0.0469. The molecule has 2 aliphatic heterocycles. The number of nitrogens with zero attached hydrogens (tertiary/aromatic N) is 3. The molecule has 1 aromatic heterocycles. The molecule has 128 valence electrons. The topological polar surface area (TPSA) is 37.8 Å². The quantitative estimate of drug-likeness (QED) is 0.769. The highest BCUT2D eigenvalue weighted by molar-refractivity contribution is 5.17. The van der Waals surface area contributed by atoms with Crippen molar-refractivity contribution in [3.63, 3.8) is 0 Å². The summed E-state index contributed by atoms with van der Waals surface area (Å²) in [6, 6.07) is 4.39. The van der Waals surface area contributed by atoms with Crippen LogP contribution in [0.1, 0.15) is 26.7 Å². The lowest BCUT2D eigenvalue weighted by Gasteiger charge is -2.33. The molecule has 0 saturated carbocycles. The normalized spacial score (nSPS) is 28.0. The van der Waals surface area contributed by atoms with Gasteiger partial charge in [-0.3, -0.25) is 9.88 Å². The first kappa shape index (κ1) is 16.7. The predicted molar refractivity (Wildman–Crippen MR) is 90.8 cm³/mol. The van der Waals surface area contributed by atoms with Gasteiger partial charge in [0, 0.05) is 38.5 Å². The van der Waals surface area contributed by atoms with E-state index in [-0.39, 0.29) is 12.2 Å². The minimum atomic E-state index is 0.112. The zero-order valence-corrected chi connectivity index (χ0v) is 14.4. The molecular formula is C18H29N3O2. The van der Waals surface area contributed by atoms with Crippen molar-refractivity contribution in [1.82, 2.24) is 14.8 Å². The van der Waals surface area contributed by atoms with E-state index >= 15 is 0 Å². The summed E-state index contributed by atoms with van der Waals surface area (Å²) < 4.78 is 12.3. The largest absolute Gasteiger partial charge is 0.485 e. The summed E-state index contributed by atoms with van der Waals surface area (Å²) in [6.07, 6.45) is 6.24. The Morgan fingerprint density at radius 2 is 2.26 bits per heavy atom. The second kappa shape index (κ2) is 8.08. The van der Waals surface area contributed by atoms with Crippen LogP contribution >= 0.6 is 0 Å². The Hall–Kier alpha value is -1.17. The van der Waals surface area contributed by atoms with Crippen LogP contribution in [0.5, 0.6) is 5.75 Å². The van der Waals surface area contributed by atoms with E-state index in [4.69, 9.17) is 9.47 Å². The Labute approximate surface area is 139 Å². The molecule has 0 radical (unpaired) electrons. The molecule has 3 atom stereocenters. The molecule has 0 amide bonds. The molecule has 1 aromatic rings. The Bertz CT molecular complexity index is 467. The Kier molecular flexibility index (Phi) is 5.86. The highest BCUT2D eigenvalue weighted by Gasteiger charge is 2.45. The maximum absolute atomic E-state index is 6.19. The molecule has 23 heavy (non-hydrogen) atoms. The van der Waals surface area contributed by atoms with Gasteiger partial charge in [-0.1, -0.05) is 13.8 Å². The fraction of sp³-hybridized carbons (Fsp3) is 0.722. The SMILES string of the molecule is CCN(CC)CCN1C[C@@H](Oc2cccnc2)[C@@H]2OCCC[C@@H]21. The molecule has 0 aromatic carbocycles. The van der Waals surface area contributed by atoms with Crippen molar-refractivity contribution in [2.24, 2.45) is 0 Å². The third-order valence-electron chi connectivity index (χ3n) is 5.10. The third kappa shape index (κ3) is 4.03. The maximum atomic E-state index is 6.19. The van der Waals surface area contributed by atoms with E-state index in [2.05, 4.69) is 28.6 Å². The molecular weight excluding hydrogens is 290 g/mol. The molecule has 5 nitrogen and oxygen atoms in total. The van der Waals surface area contributed by atoms with Crippen LogP contribution < -0.4 is 4.74 Å². The predicted octanol–water partition coefficient (Wildman–Crippen LogP) is 2.03. The van der Waals surface area contributed by atoms with Crippen LogP contribution in [0.3, 0.4) is 0 Å². The van der Waals surface area contributed by atoms with Crippen LogP contribution in [0.2, 0.25) is 0 Å². The molecule has 0 spiro atoms. The van der Waals surface area contributed by atoms with E-state index < -0.39 is 0 Å². The summed E-state index contributed by atoms with van der Waals surface area (Å²) in [5, 5.41) is 0. The number of rotatable bonds is 7. The van der Waals surface area contributed by atoms with Crippen molar-refractivity contribution >= 4 is 0 Å². The average Bonchev–Trinajstić information content (AvgIpc) is 2.95. The zero-order valence-electron chi connectivity index (χ0n) is 14.4. The second-order valence-corrected chi connectivity index (χ2v) is 6.41. The fourth-order valence-corrected chi connectivity index (χ4v) is 3.77. The van der Waals surface area contributed by atoms with E-state index in [1.807, 2.05) is 12.1 Å². The lowest BCUT2D eigenvalue weighted by Crippen LogP contribution is -2.44. The highest BCUT2D eigenvalue weighted by Crippen LogP contribution is 2.31. The molecule has 3 rings (SSSR count). The molecule has 0 N–H and O–H groups in total. The van der Waals surface area contributed by atoms with Crippen molar-refractivity contribution in [3.8, 4) is 5.75 Å². The van der Waals surface area contributed by atoms with E-state index in [0.717, 1.165) is 51.5 Å². The van der Waals surface area contributed by atoms with Crippen molar-refractivity contribution in [2.45, 2.75) is 44.9 Å². The number of likely N-dealkylation sites (tertiary alicyclic amines) is 1. The van der Waals surface area contributed by atoms with E-state index in [1.165, 1.54) is 6.42 Å². The number of ether oxygens (including phenoxy) is 2. The Morgan fingerprint density at radius 3 is 3.00 bits per heavy atom. The monoisotopic (exact) mass is 319 g/mol. The number of hydrogen-bond acceptors (Lipinski definition) is 5. The number of fused-ring (bicyclic) bond motifs is 1. The third-order valence-corrected chi connectivity index (χ3v) is 5.10. The molecule has 3 heterocycles. The fourth-order valence-electron chi connectivity index (χ4n) is 3.77. The van der Waals surface area contributed by atoms with E-state index in [1.54, 1.807) is 12.4 Å². The van der Waals surface area contributed by atoms with Gasteiger partial charge in [-0.15, -0.1) is 0 Å². The van der Waals surface area contributed by atoms with Crippen molar-refractivity contribution in [2.75, 3.05) is 39.3 Å². The summed E-state index contributed by atoms with van der Waals surface area (Å²) in [4.78, 5) is 9.20. The van der Waals surface area contributed by atoms with Crippen LogP contribution in [0.25, 0.3) is 0 Å². The Morgan fingerprint density at radius 1 is 1.39 bits per heavy atom. The van der Waals surface area contributed by atoms with Gasteiger partial charge in [0.2, 0.25) is 0 Å². The second-order valence-electron chi connectivity index (χ2n) is 6.41. The van der Waals surface area contributed by atoms with Crippen LogP contribution in [0.4, 0.5) is 0 Å². The number of pyridine rings is 1. The maximum Gasteiger partial charge on any atom is 0.139 e. The molecule has 2 saturated heterocycles. The summed E-state index contributed by atoms with van der Waals surface area (Å²) in [6.45, 7) is 10.7. The molecule has 0 aliphatic carbocycles. The number of hydrogen-bond donors (Lipinski definition) is 0. The molecule has 0 bridgehead atoms. The van der Waals surface area contributed by atoms with Gasteiger partial charge in [0.15, 0.2) is 0 Å². The summed E-state index contributed by atoms with van der Waals surface area (Å²) >= 11 is 0. The van der Waals surface area contributed by atoms with Crippen molar-refractivity contribution in [1.29, 1.82) is 0 Å². The molecule has 5 heteroatoms. The molecule has 2 aliphatic rings. The van der Waals surface area contributed by atoms with Crippen LogP contribution in [0, 0.1) is 0 Å². The molecule has 2 fully saturated rings. The van der Waals surface area contributed by atoms with Crippen molar-refractivity contribution in [3.05, 3.63) is 24.5 Å². The summed E-state index contributed by atoms with van der Waals surface area (Å²) in [7, 11) is 0.